The molecule has 8 heteroatoms. The molecule has 0 saturated carbocycles. The molecule has 8 nitrogen and oxygen atoms in total. The standard InChI is InChI=1S/C25H25N5O3/c1-32-23-6-5-17(13-24(23)33-12-10-27-9-11-31)20-16-28-15-18(14-26)25(20)30-22-4-2-3-21-19(22)7-8-29-21/h2-8,13,15-16,27,29,31H,9-12H2,1H3,(H,28,30). The summed E-state index contributed by atoms with van der Waals surface area (Å²) in [5.74, 6) is 1.19. The highest BCUT2D eigenvalue weighted by molar-refractivity contribution is 5.96. The number of fused-ring (bicyclic) bond motifs is 1. The number of aromatic nitrogens is 2. The monoisotopic (exact) mass is 443 g/mol. The summed E-state index contributed by atoms with van der Waals surface area (Å²) in [6.07, 6.45) is 5.17. The topological polar surface area (TPSA) is 115 Å². The first-order valence-corrected chi connectivity index (χ1v) is 10.6. The number of aromatic amines is 1. The van der Waals surface area contributed by atoms with Gasteiger partial charge in [0, 0.05) is 53.8 Å². The van der Waals surface area contributed by atoms with Gasteiger partial charge in [-0.3, -0.25) is 4.98 Å². The number of rotatable bonds is 10. The minimum Gasteiger partial charge on any atom is -0.493 e. The Hall–Kier alpha value is -4.06. The number of H-pyrrole nitrogens is 1. The first-order chi connectivity index (χ1) is 16.2. The van der Waals surface area contributed by atoms with Crippen LogP contribution in [0.1, 0.15) is 5.56 Å². The average molecular weight is 444 g/mol. The molecule has 0 aliphatic carbocycles. The molecule has 0 aliphatic heterocycles. The zero-order valence-electron chi connectivity index (χ0n) is 18.3. The summed E-state index contributed by atoms with van der Waals surface area (Å²) < 4.78 is 11.4. The van der Waals surface area contributed by atoms with E-state index in [1.165, 1.54) is 0 Å². The molecule has 0 unspecified atom stereocenters. The Morgan fingerprint density at radius 2 is 2.03 bits per heavy atom. The highest BCUT2D eigenvalue weighted by atomic mass is 16.5. The number of aliphatic hydroxyl groups excluding tert-OH is 1. The third-order valence-electron chi connectivity index (χ3n) is 5.22. The number of methoxy groups -OCH3 is 1. The van der Waals surface area contributed by atoms with Crippen molar-refractivity contribution in [2.45, 2.75) is 0 Å². The maximum atomic E-state index is 9.76. The number of nitrogens with zero attached hydrogens (tertiary/aromatic N) is 2. The van der Waals surface area contributed by atoms with Gasteiger partial charge in [-0.15, -0.1) is 0 Å². The molecule has 0 fully saturated rings. The first-order valence-electron chi connectivity index (χ1n) is 10.6. The van der Waals surface area contributed by atoms with E-state index in [4.69, 9.17) is 14.6 Å². The van der Waals surface area contributed by atoms with E-state index in [9.17, 15) is 5.26 Å². The number of nitriles is 1. The van der Waals surface area contributed by atoms with E-state index in [2.05, 4.69) is 26.7 Å². The SMILES string of the molecule is COc1ccc(-c2cncc(C#N)c2Nc2cccc3[nH]ccc23)cc1OCCNCCO. The second-order valence-corrected chi connectivity index (χ2v) is 7.28. The molecule has 0 atom stereocenters. The van der Waals surface area contributed by atoms with Crippen LogP contribution in [0.3, 0.4) is 0 Å². The lowest BCUT2D eigenvalue weighted by Gasteiger charge is -2.16. The van der Waals surface area contributed by atoms with Gasteiger partial charge in [-0.25, -0.2) is 0 Å². The molecule has 33 heavy (non-hydrogen) atoms. The van der Waals surface area contributed by atoms with Crippen LogP contribution in [0.5, 0.6) is 11.5 Å². The molecule has 4 N–H and O–H groups in total. The Morgan fingerprint density at radius 1 is 1.12 bits per heavy atom. The van der Waals surface area contributed by atoms with Crippen molar-refractivity contribution in [1.29, 1.82) is 5.26 Å². The van der Waals surface area contributed by atoms with E-state index in [0.29, 0.717) is 42.4 Å². The van der Waals surface area contributed by atoms with Crippen molar-refractivity contribution >= 4 is 22.3 Å². The fourth-order valence-electron chi connectivity index (χ4n) is 3.62. The molecular formula is C25H25N5O3. The van der Waals surface area contributed by atoms with Gasteiger partial charge in [0.15, 0.2) is 11.5 Å². The van der Waals surface area contributed by atoms with Crippen LogP contribution in [0, 0.1) is 11.3 Å². The number of hydrogen-bond acceptors (Lipinski definition) is 7. The number of aliphatic hydroxyl groups is 1. The van der Waals surface area contributed by atoms with Crippen molar-refractivity contribution in [3.8, 4) is 28.7 Å². The smallest absolute Gasteiger partial charge is 0.161 e. The van der Waals surface area contributed by atoms with Gasteiger partial charge in [-0.1, -0.05) is 12.1 Å². The number of benzene rings is 2. The third kappa shape index (κ3) is 4.90. The molecule has 0 spiro atoms. The van der Waals surface area contributed by atoms with Gasteiger partial charge in [-0.2, -0.15) is 5.26 Å². The Balaban J connectivity index is 1.70. The fraction of sp³-hybridized carbons (Fsp3) is 0.200. The van der Waals surface area contributed by atoms with Crippen molar-refractivity contribution in [1.82, 2.24) is 15.3 Å². The molecule has 2 heterocycles. The number of anilines is 2. The van der Waals surface area contributed by atoms with Crippen LogP contribution >= 0.6 is 0 Å². The lowest BCUT2D eigenvalue weighted by atomic mass is 10.0. The van der Waals surface area contributed by atoms with Crippen molar-refractivity contribution in [3.05, 3.63) is 66.6 Å². The molecule has 0 radical (unpaired) electrons. The highest BCUT2D eigenvalue weighted by Crippen LogP contribution is 2.38. The molecule has 0 amide bonds. The molecule has 0 bridgehead atoms. The van der Waals surface area contributed by atoms with Crippen LogP contribution in [0.4, 0.5) is 11.4 Å². The predicted molar refractivity (Wildman–Crippen MR) is 128 cm³/mol. The molecule has 0 aliphatic rings. The van der Waals surface area contributed by atoms with Crippen LogP contribution in [0.2, 0.25) is 0 Å². The number of ether oxygens (including phenoxy) is 2. The predicted octanol–water partition coefficient (Wildman–Crippen LogP) is 3.81. The molecule has 168 valence electrons. The second kappa shape index (κ2) is 10.5. The Bertz CT molecular complexity index is 1280. The molecule has 2 aromatic heterocycles. The van der Waals surface area contributed by atoms with E-state index in [1.54, 1.807) is 19.5 Å². The Kier molecular flexibility index (Phi) is 7.05. The number of hydrogen-bond donors (Lipinski definition) is 4. The maximum absolute atomic E-state index is 9.76. The van der Waals surface area contributed by atoms with Crippen LogP contribution < -0.4 is 20.1 Å². The quantitative estimate of drug-likeness (QED) is 0.276. The van der Waals surface area contributed by atoms with E-state index in [1.807, 2.05) is 48.7 Å². The van der Waals surface area contributed by atoms with Crippen LogP contribution in [-0.2, 0) is 0 Å². The third-order valence-corrected chi connectivity index (χ3v) is 5.22. The minimum absolute atomic E-state index is 0.0767. The van der Waals surface area contributed by atoms with Crippen molar-refractivity contribution in [2.24, 2.45) is 0 Å². The second-order valence-electron chi connectivity index (χ2n) is 7.28. The van der Waals surface area contributed by atoms with Crippen LogP contribution in [0.15, 0.2) is 61.1 Å². The summed E-state index contributed by atoms with van der Waals surface area (Å²) >= 11 is 0. The number of nitrogens with one attached hydrogen (secondary N) is 3. The Morgan fingerprint density at radius 3 is 2.85 bits per heavy atom. The molecule has 2 aromatic carbocycles. The lowest BCUT2D eigenvalue weighted by Crippen LogP contribution is -2.24. The summed E-state index contributed by atoms with van der Waals surface area (Å²) in [5.41, 5.74) is 4.60. The van der Waals surface area contributed by atoms with E-state index < -0.39 is 0 Å². The zero-order chi connectivity index (χ0) is 23.0. The molecular weight excluding hydrogens is 418 g/mol. The largest absolute Gasteiger partial charge is 0.493 e. The van der Waals surface area contributed by atoms with Gasteiger partial charge >= 0.3 is 0 Å². The summed E-state index contributed by atoms with van der Waals surface area (Å²) in [4.78, 5) is 7.49. The summed E-state index contributed by atoms with van der Waals surface area (Å²) in [5, 5.41) is 26.2. The highest BCUT2D eigenvalue weighted by Gasteiger charge is 2.15. The minimum atomic E-state index is 0.0767. The van der Waals surface area contributed by atoms with Gasteiger partial charge in [0.25, 0.3) is 0 Å². The van der Waals surface area contributed by atoms with Gasteiger partial charge in [-0.05, 0) is 35.9 Å². The lowest BCUT2D eigenvalue weighted by molar-refractivity contribution is 0.269. The zero-order valence-corrected chi connectivity index (χ0v) is 18.3. The van der Waals surface area contributed by atoms with Crippen molar-refractivity contribution in [3.63, 3.8) is 0 Å². The van der Waals surface area contributed by atoms with E-state index >= 15 is 0 Å². The molecule has 4 rings (SSSR count). The summed E-state index contributed by atoms with van der Waals surface area (Å²) in [6, 6.07) is 15.8. The van der Waals surface area contributed by atoms with Gasteiger partial charge in [0.2, 0.25) is 0 Å². The summed E-state index contributed by atoms with van der Waals surface area (Å²) in [6.45, 7) is 1.59. The number of pyridine rings is 1. The molecule has 0 saturated heterocycles. The van der Waals surface area contributed by atoms with E-state index in [-0.39, 0.29) is 6.61 Å². The normalized spacial score (nSPS) is 10.7. The van der Waals surface area contributed by atoms with Crippen LogP contribution in [0.25, 0.3) is 22.0 Å². The van der Waals surface area contributed by atoms with E-state index in [0.717, 1.165) is 27.7 Å². The average Bonchev–Trinajstić information content (AvgIpc) is 3.34. The fourth-order valence-corrected chi connectivity index (χ4v) is 3.62. The van der Waals surface area contributed by atoms with Crippen LogP contribution in [-0.4, -0.2) is 48.5 Å². The van der Waals surface area contributed by atoms with Gasteiger partial charge in [0.1, 0.15) is 12.7 Å². The van der Waals surface area contributed by atoms with Crippen molar-refractivity contribution in [2.75, 3.05) is 38.7 Å². The molecule has 4 aromatic rings. The summed E-state index contributed by atoms with van der Waals surface area (Å²) in [7, 11) is 1.59. The first kappa shape index (κ1) is 22.1. The van der Waals surface area contributed by atoms with Gasteiger partial charge in [0.05, 0.1) is 25.0 Å². The van der Waals surface area contributed by atoms with Gasteiger partial charge < -0.3 is 30.2 Å². The Labute approximate surface area is 191 Å². The maximum Gasteiger partial charge on any atom is 0.161 e. The van der Waals surface area contributed by atoms with Crippen molar-refractivity contribution < 1.29 is 14.6 Å².